The highest BCUT2D eigenvalue weighted by molar-refractivity contribution is 5.97. The van der Waals surface area contributed by atoms with Gasteiger partial charge in [-0.25, -0.2) is 9.59 Å². The molecule has 1 rings (SSSR count). The molecule has 0 heterocycles. The topological polar surface area (TPSA) is 87.8 Å². The number of esters is 1. The minimum absolute atomic E-state index is 0.0702. The molecule has 22 heavy (non-hydrogen) atoms. The molecule has 0 aliphatic heterocycles. The Kier molecular flexibility index (Phi) is 5.19. The standard InChI is InChI=1S/C16H23NO5/c1-15(2,3)20-12-8-7-10(9-11(12)14(19)22-17)13(18)21-16(4,5)6/h7-9H,17H2,1-6H3. The number of hydrogen-bond acceptors (Lipinski definition) is 6. The van der Waals surface area contributed by atoms with E-state index in [1.807, 2.05) is 20.8 Å². The van der Waals surface area contributed by atoms with Crippen LogP contribution in [0.5, 0.6) is 5.75 Å². The second-order valence-corrected chi connectivity index (χ2v) is 6.83. The van der Waals surface area contributed by atoms with E-state index in [9.17, 15) is 9.59 Å². The van der Waals surface area contributed by atoms with E-state index in [1.54, 1.807) is 20.8 Å². The van der Waals surface area contributed by atoms with Gasteiger partial charge in [-0.05, 0) is 59.7 Å². The van der Waals surface area contributed by atoms with Crippen LogP contribution in [-0.2, 0) is 9.57 Å². The molecular formula is C16H23NO5. The van der Waals surface area contributed by atoms with Crippen molar-refractivity contribution in [1.29, 1.82) is 0 Å². The Morgan fingerprint density at radius 2 is 1.55 bits per heavy atom. The van der Waals surface area contributed by atoms with Gasteiger partial charge < -0.3 is 14.3 Å². The van der Waals surface area contributed by atoms with Crippen molar-refractivity contribution < 1.29 is 23.9 Å². The maximum atomic E-state index is 12.1. The normalized spacial score (nSPS) is 11.8. The molecule has 0 atom stereocenters. The number of rotatable bonds is 3. The summed E-state index contributed by atoms with van der Waals surface area (Å²) in [5.41, 5.74) is -0.860. The van der Waals surface area contributed by atoms with Gasteiger partial charge in [0.05, 0.1) is 5.56 Å². The maximum absolute atomic E-state index is 12.1. The fraction of sp³-hybridized carbons (Fsp3) is 0.500. The van der Waals surface area contributed by atoms with Crippen molar-refractivity contribution in [1.82, 2.24) is 0 Å². The third-order valence-corrected chi connectivity index (χ3v) is 2.36. The molecule has 6 nitrogen and oxygen atoms in total. The molecule has 6 heteroatoms. The van der Waals surface area contributed by atoms with E-state index in [1.165, 1.54) is 18.2 Å². The van der Waals surface area contributed by atoms with Crippen molar-refractivity contribution in [3.63, 3.8) is 0 Å². The van der Waals surface area contributed by atoms with Crippen LogP contribution in [0.1, 0.15) is 62.3 Å². The zero-order valence-corrected chi connectivity index (χ0v) is 13.9. The van der Waals surface area contributed by atoms with Crippen LogP contribution in [-0.4, -0.2) is 23.1 Å². The summed E-state index contributed by atoms with van der Waals surface area (Å²) in [6.45, 7) is 10.8. The fourth-order valence-electron chi connectivity index (χ4n) is 1.64. The molecule has 1 aromatic rings. The molecule has 0 saturated carbocycles. The quantitative estimate of drug-likeness (QED) is 0.682. The highest BCUT2D eigenvalue weighted by Crippen LogP contribution is 2.26. The molecule has 0 amide bonds. The first kappa shape index (κ1) is 18.0. The van der Waals surface area contributed by atoms with Crippen molar-refractivity contribution >= 4 is 11.9 Å². The van der Waals surface area contributed by atoms with Crippen LogP contribution >= 0.6 is 0 Å². The molecule has 0 spiro atoms. The highest BCUT2D eigenvalue weighted by atomic mass is 16.7. The van der Waals surface area contributed by atoms with Gasteiger partial charge in [-0.15, -0.1) is 0 Å². The van der Waals surface area contributed by atoms with Gasteiger partial charge in [-0.1, -0.05) is 0 Å². The van der Waals surface area contributed by atoms with Crippen LogP contribution < -0.4 is 10.6 Å². The number of carbonyl (C=O) groups excluding carboxylic acids is 2. The van der Waals surface area contributed by atoms with Gasteiger partial charge in [-0.3, -0.25) is 0 Å². The summed E-state index contributed by atoms with van der Waals surface area (Å²) in [6, 6.07) is 4.41. The van der Waals surface area contributed by atoms with E-state index in [0.29, 0.717) is 0 Å². The number of hydrogen-bond donors (Lipinski definition) is 1. The third-order valence-electron chi connectivity index (χ3n) is 2.36. The Morgan fingerprint density at radius 3 is 2.00 bits per heavy atom. The van der Waals surface area contributed by atoms with Crippen LogP contribution in [0.25, 0.3) is 0 Å². The molecule has 0 saturated heterocycles. The van der Waals surface area contributed by atoms with Crippen molar-refractivity contribution in [2.75, 3.05) is 0 Å². The Labute approximate surface area is 130 Å². The minimum atomic E-state index is -0.787. The Balaban J connectivity index is 3.20. The SMILES string of the molecule is CC(C)(C)OC(=O)c1ccc(OC(C)(C)C)c(C(=O)ON)c1. The Bertz CT molecular complexity index is 567. The first-order valence-electron chi connectivity index (χ1n) is 6.90. The second-order valence-electron chi connectivity index (χ2n) is 6.83. The first-order chi connectivity index (χ1) is 9.93. The fourth-order valence-corrected chi connectivity index (χ4v) is 1.64. The van der Waals surface area contributed by atoms with E-state index in [0.717, 1.165) is 0 Å². The average Bonchev–Trinajstić information content (AvgIpc) is 2.34. The molecule has 0 radical (unpaired) electrons. The van der Waals surface area contributed by atoms with Crippen LogP contribution in [0.2, 0.25) is 0 Å². The zero-order chi connectivity index (χ0) is 17.1. The predicted octanol–water partition coefficient (Wildman–Crippen LogP) is 2.85. The van der Waals surface area contributed by atoms with E-state index in [4.69, 9.17) is 15.4 Å². The number of carbonyl (C=O) groups is 2. The van der Waals surface area contributed by atoms with Crippen molar-refractivity contribution in [3.8, 4) is 5.75 Å². The lowest BCUT2D eigenvalue weighted by Crippen LogP contribution is -2.26. The molecule has 2 N–H and O–H groups in total. The molecule has 122 valence electrons. The summed E-state index contributed by atoms with van der Waals surface area (Å²) in [5, 5.41) is 0. The van der Waals surface area contributed by atoms with Crippen LogP contribution in [0.3, 0.4) is 0 Å². The molecule has 0 unspecified atom stereocenters. The first-order valence-corrected chi connectivity index (χ1v) is 6.90. The smallest absolute Gasteiger partial charge is 0.360 e. The van der Waals surface area contributed by atoms with E-state index >= 15 is 0 Å². The summed E-state index contributed by atoms with van der Waals surface area (Å²) >= 11 is 0. The summed E-state index contributed by atoms with van der Waals surface area (Å²) in [4.78, 5) is 28.1. The maximum Gasteiger partial charge on any atom is 0.360 e. The van der Waals surface area contributed by atoms with Gasteiger partial charge in [0, 0.05) is 0 Å². The van der Waals surface area contributed by atoms with Crippen molar-refractivity contribution in [3.05, 3.63) is 29.3 Å². The van der Waals surface area contributed by atoms with Crippen molar-refractivity contribution in [2.24, 2.45) is 5.90 Å². The lowest BCUT2D eigenvalue weighted by atomic mass is 10.1. The van der Waals surface area contributed by atoms with Gasteiger partial charge in [-0.2, -0.15) is 5.90 Å². The lowest BCUT2D eigenvalue weighted by molar-refractivity contribution is 0.00695. The third kappa shape index (κ3) is 5.37. The molecular weight excluding hydrogens is 286 g/mol. The van der Waals surface area contributed by atoms with Gasteiger partial charge in [0.1, 0.15) is 22.5 Å². The van der Waals surface area contributed by atoms with Gasteiger partial charge in [0.2, 0.25) is 0 Å². The number of nitrogens with two attached hydrogens (primary N) is 1. The molecule has 0 fully saturated rings. The predicted molar refractivity (Wildman–Crippen MR) is 81.6 cm³/mol. The zero-order valence-electron chi connectivity index (χ0n) is 13.9. The van der Waals surface area contributed by atoms with Crippen LogP contribution in [0.4, 0.5) is 0 Å². The van der Waals surface area contributed by atoms with Crippen LogP contribution in [0.15, 0.2) is 18.2 Å². The summed E-state index contributed by atoms with van der Waals surface area (Å²) < 4.78 is 11.0. The molecule has 1 aromatic carbocycles. The average molecular weight is 309 g/mol. The molecule has 0 aliphatic rings. The molecule has 0 aromatic heterocycles. The lowest BCUT2D eigenvalue weighted by Gasteiger charge is -2.23. The summed E-state index contributed by atoms with van der Waals surface area (Å²) in [5.74, 6) is 3.90. The molecule has 0 aliphatic carbocycles. The minimum Gasteiger partial charge on any atom is -0.487 e. The second kappa shape index (κ2) is 6.36. The van der Waals surface area contributed by atoms with Gasteiger partial charge in [0.15, 0.2) is 0 Å². The summed E-state index contributed by atoms with van der Waals surface area (Å²) in [7, 11) is 0. The van der Waals surface area contributed by atoms with E-state index in [-0.39, 0.29) is 16.9 Å². The highest BCUT2D eigenvalue weighted by Gasteiger charge is 2.23. The van der Waals surface area contributed by atoms with Crippen LogP contribution in [0, 0.1) is 0 Å². The number of benzene rings is 1. The molecule has 0 bridgehead atoms. The van der Waals surface area contributed by atoms with E-state index in [2.05, 4.69) is 4.84 Å². The van der Waals surface area contributed by atoms with E-state index < -0.39 is 23.1 Å². The van der Waals surface area contributed by atoms with Gasteiger partial charge in [0.25, 0.3) is 0 Å². The Hall–Kier alpha value is -2.08. The monoisotopic (exact) mass is 309 g/mol. The summed E-state index contributed by atoms with van der Waals surface area (Å²) in [6.07, 6.45) is 0. The Morgan fingerprint density at radius 1 is 0.955 bits per heavy atom. The largest absolute Gasteiger partial charge is 0.487 e. The number of ether oxygens (including phenoxy) is 2. The van der Waals surface area contributed by atoms with Crippen molar-refractivity contribution in [2.45, 2.75) is 52.7 Å². The van der Waals surface area contributed by atoms with Gasteiger partial charge >= 0.3 is 11.9 Å².